The van der Waals surface area contributed by atoms with Crippen LogP contribution in [0.5, 0.6) is 0 Å². The summed E-state index contributed by atoms with van der Waals surface area (Å²) in [5.74, 6) is -0.184. The molecule has 27 heavy (non-hydrogen) atoms. The van der Waals surface area contributed by atoms with Crippen molar-refractivity contribution in [2.45, 2.75) is 25.8 Å². The highest BCUT2D eigenvalue weighted by atomic mass is 16.4. The van der Waals surface area contributed by atoms with E-state index >= 15 is 0 Å². The van der Waals surface area contributed by atoms with E-state index in [4.69, 9.17) is 4.42 Å². The average Bonchev–Trinajstić information content (AvgIpc) is 3.00. The van der Waals surface area contributed by atoms with Crippen LogP contribution in [0.15, 0.2) is 38.3 Å². The van der Waals surface area contributed by atoms with Crippen LogP contribution >= 0.6 is 0 Å². The van der Waals surface area contributed by atoms with E-state index in [9.17, 15) is 14.4 Å². The van der Waals surface area contributed by atoms with E-state index in [0.29, 0.717) is 41.4 Å². The zero-order valence-electron chi connectivity index (χ0n) is 14.7. The predicted octanol–water partition coefficient (Wildman–Crippen LogP) is 0.912. The Morgan fingerprint density at radius 3 is 2.74 bits per heavy atom. The number of benzene rings is 1. The van der Waals surface area contributed by atoms with Crippen molar-refractivity contribution in [3.8, 4) is 0 Å². The van der Waals surface area contributed by atoms with E-state index in [1.807, 2.05) is 4.90 Å². The third-order valence-electron chi connectivity index (χ3n) is 4.67. The first-order valence-corrected chi connectivity index (χ1v) is 8.74. The second kappa shape index (κ2) is 6.75. The first-order chi connectivity index (χ1) is 13.0. The van der Waals surface area contributed by atoms with Gasteiger partial charge in [0.15, 0.2) is 5.58 Å². The Bertz CT molecular complexity index is 1100. The lowest BCUT2D eigenvalue weighted by Crippen LogP contribution is -2.45. The number of H-pyrrole nitrogens is 2. The minimum atomic E-state index is -0.544. The number of aromatic amines is 2. The third kappa shape index (κ3) is 3.62. The maximum Gasteiger partial charge on any atom is 0.417 e. The number of carbonyl (C=O) groups is 1. The molecule has 1 saturated heterocycles. The number of nitrogens with zero attached hydrogens (tertiary/aromatic N) is 2. The van der Waals surface area contributed by atoms with Gasteiger partial charge in [-0.05, 0) is 38.0 Å². The first kappa shape index (κ1) is 17.1. The summed E-state index contributed by atoms with van der Waals surface area (Å²) in [6.45, 7) is 3.15. The Labute approximate surface area is 153 Å². The van der Waals surface area contributed by atoms with Crippen LogP contribution in [0.4, 0.5) is 5.95 Å². The largest absolute Gasteiger partial charge is 0.417 e. The second-order valence-corrected chi connectivity index (χ2v) is 6.67. The van der Waals surface area contributed by atoms with Gasteiger partial charge in [-0.15, -0.1) is 0 Å². The first-order valence-electron chi connectivity index (χ1n) is 8.74. The van der Waals surface area contributed by atoms with Gasteiger partial charge in [0.25, 0.3) is 11.5 Å². The Hall–Kier alpha value is -3.36. The topological polar surface area (TPSA) is 124 Å². The maximum absolute atomic E-state index is 12.5. The summed E-state index contributed by atoms with van der Waals surface area (Å²) in [5.41, 5.74) is 1.87. The number of anilines is 1. The fourth-order valence-corrected chi connectivity index (χ4v) is 3.30. The highest BCUT2D eigenvalue weighted by molar-refractivity contribution is 5.97. The van der Waals surface area contributed by atoms with Crippen molar-refractivity contribution >= 4 is 23.0 Å². The molecule has 3 N–H and O–H groups in total. The molecule has 9 heteroatoms. The summed E-state index contributed by atoms with van der Waals surface area (Å²) in [6.07, 6.45) is 1.48. The number of amides is 1. The quantitative estimate of drug-likeness (QED) is 0.630. The highest BCUT2D eigenvalue weighted by Crippen LogP contribution is 2.17. The molecule has 0 bridgehead atoms. The molecule has 1 aliphatic rings. The fourth-order valence-electron chi connectivity index (χ4n) is 3.30. The lowest BCUT2D eigenvalue weighted by atomic mass is 10.0. The van der Waals surface area contributed by atoms with Crippen LogP contribution in [0.2, 0.25) is 0 Å². The molecule has 9 nitrogen and oxygen atoms in total. The van der Waals surface area contributed by atoms with Gasteiger partial charge in [0.1, 0.15) is 0 Å². The minimum Gasteiger partial charge on any atom is -0.408 e. The van der Waals surface area contributed by atoms with Gasteiger partial charge in [0.05, 0.1) is 5.52 Å². The van der Waals surface area contributed by atoms with Crippen molar-refractivity contribution in [2.24, 2.45) is 0 Å². The van der Waals surface area contributed by atoms with Crippen LogP contribution in [0.25, 0.3) is 11.1 Å². The van der Waals surface area contributed by atoms with Gasteiger partial charge < -0.3 is 14.6 Å². The van der Waals surface area contributed by atoms with E-state index < -0.39 is 5.76 Å². The third-order valence-corrected chi connectivity index (χ3v) is 4.67. The van der Waals surface area contributed by atoms with Gasteiger partial charge in [0, 0.05) is 36.5 Å². The molecule has 1 fully saturated rings. The van der Waals surface area contributed by atoms with Crippen molar-refractivity contribution in [1.82, 2.24) is 20.3 Å². The zero-order chi connectivity index (χ0) is 19.0. The summed E-state index contributed by atoms with van der Waals surface area (Å²) in [6, 6.07) is 6.34. The molecular weight excluding hydrogens is 350 g/mol. The van der Waals surface area contributed by atoms with Crippen molar-refractivity contribution in [2.75, 3.05) is 18.0 Å². The highest BCUT2D eigenvalue weighted by Gasteiger charge is 2.23. The number of aromatic nitrogens is 3. The van der Waals surface area contributed by atoms with E-state index in [1.165, 1.54) is 6.07 Å². The fraction of sp³-hybridized carbons (Fsp3) is 0.333. The van der Waals surface area contributed by atoms with Crippen molar-refractivity contribution < 1.29 is 9.21 Å². The molecule has 0 spiro atoms. The maximum atomic E-state index is 12.5. The van der Waals surface area contributed by atoms with E-state index in [-0.39, 0.29) is 17.5 Å². The SMILES string of the molecule is Cc1cc(=O)[nH]c(N2CCC(NC(=O)c3ccc4[nH]c(=O)oc4c3)CC2)n1. The lowest BCUT2D eigenvalue weighted by molar-refractivity contribution is 0.0931. The second-order valence-electron chi connectivity index (χ2n) is 6.67. The number of hydrogen-bond donors (Lipinski definition) is 3. The van der Waals surface area contributed by atoms with Crippen molar-refractivity contribution in [3.63, 3.8) is 0 Å². The number of aryl methyl sites for hydroxylation is 1. The van der Waals surface area contributed by atoms with Gasteiger partial charge >= 0.3 is 5.76 Å². The number of fused-ring (bicyclic) bond motifs is 1. The van der Waals surface area contributed by atoms with E-state index in [2.05, 4.69) is 20.3 Å². The molecule has 2 aromatic heterocycles. The molecule has 4 rings (SSSR count). The van der Waals surface area contributed by atoms with Crippen LogP contribution in [0.1, 0.15) is 28.9 Å². The van der Waals surface area contributed by atoms with Crippen LogP contribution in [-0.2, 0) is 0 Å². The average molecular weight is 369 g/mol. The predicted molar refractivity (Wildman–Crippen MR) is 99.1 cm³/mol. The molecule has 140 valence electrons. The van der Waals surface area contributed by atoms with E-state index in [1.54, 1.807) is 25.1 Å². The summed E-state index contributed by atoms with van der Waals surface area (Å²) >= 11 is 0. The molecule has 1 aliphatic heterocycles. The van der Waals surface area contributed by atoms with Gasteiger partial charge in [-0.2, -0.15) is 0 Å². The summed E-state index contributed by atoms with van der Waals surface area (Å²) in [7, 11) is 0. The number of hydrogen-bond acceptors (Lipinski definition) is 6. The standard InChI is InChI=1S/C18H19N5O4/c1-10-8-15(24)22-17(19-10)23-6-4-12(5-7-23)20-16(25)11-2-3-13-14(9-11)27-18(26)21-13/h2-3,8-9,12H,4-7H2,1H3,(H,20,25)(H,21,26)(H,19,22,24). The smallest absolute Gasteiger partial charge is 0.408 e. The van der Waals surface area contributed by atoms with Crippen LogP contribution in [0, 0.1) is 6.92 Å². The van der Waals surface area contributed by atoms with Crippen molar-refractivity contribution in [1.29, 1.82) is 0 Å². The molecule has 0 unspecified atom stereocenters. The molecule has 3 aromatic rings. The number of piperidine rings is 1. The monoisotopic (exact) mass is 369 g/mol. The van der Waals surface area contributed by atoms with Crippen molar-refractivity contribution in [3.05, 3.63) is 56.4 Å². The van der Waals surface area contributed by atoms with Gasteiger partial charge in [-0.3, -0.25) is 19.6 Å². The molecule has 0 radical (unpaired) electrons. The van der Waals surface area contributed by atoms with Gasteiger partial charge in [-0.1, -0.05) is 0 Å². The molecule has 0 saturated carbocycles. The van der Waals surface area contributed by atoms with Crippen LogP contribution in [-0.4, -0.2) is 40.0 Å². The van der Waals surface area contributed by atoms with E-state index in [0.717, 1.165) is 12.8 Å². The Morgan fingerprint density at radius 1 is 1.22 bits per heavy atom. The number of oxazole rings is 1. The molecule has 1 aromatic carbocycles. The lowest BCUT2D eigenvalue weighted by Gasteiger charge is -2.32. The molecule has 0 aliphatic carbocycles. The zero-order valence-corrected chi connectivity index (χ0v) is 14.7. The van der Waals surface area contributed by atoms with Crippen LogP contribution in [0.3, 0.4) is 0 Å². The Kier molecular flexibility index (Phi) is 4.27. The number of nitrogens with one attached hydrogen (secondary N) is 3. The summed E-state index contributed by atoms with van der Waals surface area (Å²) in [4.78, 5) is 47.0. The van der Waals surface area contributed by atoms with Crippen LogP contribution < -0.4 is 21.5 Å². The molecular formula is C18H19N5O4. The molecule has 1 amide bonds. The Balaban J connectivity index is 1.40. The molecule has 0 atom stereocenters. The Morgan fingerprint density at radius 2 is 2.00 bits per heavy atom. The summed E-state index contributed by atoms with van der Waals surface area (Å²) in [5, 5.41) is 3.01. The number of carbonyl (C=O) groups excluding carboxylic acids is 1. The number of rotatable bonds is 3. The molecule has 3 heterocycles. The minimum absolute atomic E-state index is 0.0270. The van der Waals surface area contributed by atoms with Gasteiger partial charge in [-0.25, -0.2) is 9.78 Å². The normalized spacial score (nSPS) is 15.2. The van der Waals surface area contributed by atoms with Gasteiger partial charge in [0.2, 0.25) is 5.95 Å². The summed E-state index contributed by atoms with van der Waals surface area (Å²) < 4.78 is 5.00.